The summed E-state index contributed by atoms with van der Waals surface area (Å²) in [5.41, 5.74) is -0.572. The number of hydrogen-bond donors (Lipinski definition) is 1. The van der Waals surface area contributed by atoms with Crippen molar-refractivity contribution in [3.8, 4) is 0 Å². The molecule has 10 heteroatoms. The minimum Gasteiger partial charge on any atom is -0.361 e. The summed E-state index contributed by atoms with van der Waals surface area (Å²) in [6.45, 7) is 5.72. The van der Waals surface area contributed by atoms with E-state index in [4.69, 9.17) is 0 Å². The first-order valence-electron chi connectivity index (χ1n) is 11.5. The van der Waals surface area contributed by atoms with Crippen molar-refractivity contribution in [1.82, 2.24) is 15.1 Å². The van der Waals surface area contributed by atoms with E-state index in [0.717, 1.165) is 32.5 Å². The van der Waals surface area contributed by atoms with Gasteiger partial charge in [-0.3, -0.25) is 0 Å². The Bertz CT molecular complexity index is 1290. The summed E-state index contributed by atoms with van der Waals surface area (Å²) in [5, 5.41) is 12.4. The highest BCUT2D eigenvalue weighted by molar-refractivity contribution is 5.95. The summed E-state index contributed by atoms with van der Waals surface area (Å²) in [7, 11) is 2.04. The number of likely N-dealkylation sites (N-methyl/N-ethyl adjacent to an activating group) is 1. The van der Waals surface area contributed by atoms with Gasteiger partial charge in [0.15, 0.2) is 5.82 Å². The highest BCUT2D eigenvalue weighted by Gasteiger charge is 2.49. The number of nitrogens with one attached hydrogen (secondary N) is 1. The number of aromatic nitrogens is 2. The molecular formula is C25H26F5N5. The third kappa shape index (κ3) is 3.97. The minimum atomic E-state index is -4.80. The number of rotatable bonds is 4. The van der Waals surface area contributed by atoms with Crippen LogP contribution in [0.2, 0.25) is 0 Å². The Hall–Kier alpha value is -3.01. The van der Waals surface area contributed by atoms with Crippen LogP contribution in [0.3, 0.4) is 0 Å². The van der Waals surface area contributed by atoms with Gasteiger partial charge in [-0.25, -0.2) is 8.78 Å². The average Bonchev–Trinajstić information content (AvgIpc) is 3.19. The molecule has 35 heavy (non-hydrogen) atoms. The molecule has 2 aromatic carbocycles. The van der Waals surface area contributed by atoms with Crippen LogP contribution in [0.4, 0.5) is 33.5 Å². The average molecular weight is 492 g/mol. The van der Waals surface area contributed by atoms with Crippen LogP contribution in [0, 0.1) is 18.6 Å². The number of fused-ring (bicyclic) bond motifs is 1. The largest absolute Gasteiger partial charge is 0.419 e. The SMILES string of the molecule is Cc1nnc(N[C@H](C)c2cccc(C(F)(F)F)c2F)c2cc(N3CCCC34CN(C)C4)c(F)cc12. The molecule has 0 aliphatic carbocycles. The number of alkyl halides is 3. The van der Waals surface area contributed by atoms with E-state index in [9.17, 15) is 17.6 Å². The Balaban J connectivity index is 1.54. The van der Waals surface area contributed by atoms with Gasteiger partial charge in [-0.1, -0.05) is 12.1 Å². The van der Waals surface area contributed by atoms with Gasteiger partial charge in [-0.05, 0) is 51.9 Å². The smallest absolute Gasteiger partial charge is 0.361 e. The molecule has 5 nitrogen and oxygen atoms in total. The zero-order chi connectivity index (χ0) is 25.1. The second-order valence-electron chi connectivity index (χ2n) is 9.71. The van der Waals surface area contributed by atoms with Crippen molar-refractivity contribution in [1.29, 1.82) is 0 Å². The maximum Gasteiger partial charge on any atom is 0.419 e. The predicted molar refractivity (Wildman–Crippen MR) is 124 cm³/mol. The van der Waals surface area contributed by atoms with E-state index in [-0.39, 0.29) is 22.7 Å². The molecule has 5 rings (SSSR count). The van der Waals surface area contributed by atoms with Crippen LogP contribution < -0.4 is 10.2 Å². The zero-order valence-corrected chi connectivity index (χ0v) is 19.7. The zero-order valence-electron chi connectivity index (χ0n) is 19.7. The molecular weight excluding hydrogens is 465 g/mol. The van der Waals surface area contributed by atoms with E-state index in [1.54, 1.807) is 19.9 Å². The van der Waals surface area contributed by atoms with Crippen LogP contribution in [0.1, 0.15) is 42.6 Å². The molecule has 3 heterocycles. The molecule has 2 aliphatic rings. The van der Waals surface area contributed by atoms with Crippen molar-refractivity contribution in [2.45, 2.75) is 44.4 Å². The number of likely N-dealkylation sites (tertiary alicyclic amines) is 1. The first kappa shape index (κ1) is 23.7. The molecule has 186 valence electrons. The standard InChI is InChI=1S/C25H26F5N5/c1-14(16-6-4-7-19(22(16)27)25(28,29)30)31-23-18-11-21(20(26)10-17(18)15(2)32-33-23)35-9-5-8-24(35)12-34(3)13-24/h4,6-7,10-11,14H,5,8-9,12-13H2,1-3H3,(H,31,33)/t14-/m1/s1. The van der Waals surface area contributed by atoms with Gasteiger partial charge in [0.1, 0.15) is 11.6 Å². The number of aryl methyl sites for hydroxylation is 1. The maximum atomic E-state index is 15.3. The Morgan fingerprint density at radius 1 is 1.09 bits per heavy atom. The highest BCUT2D eigenvalue weighted by Crippen LogP contribution is 2.43. The molecule has 0 radical (unpaired) electrons. The summed E-state index contributed by atoms with van der Waals surface area (Å²) >= 11 is 0. The molecule has 1 spiro atoms. The van der Waals surface area contributed by atoms with Gasteiger partial charge >= 0.3 is 6.18 Å². The van der Waals surface area contributed by atoms with Crippen LogP contribution in [0.15, 0.2) is 30.3 Å². The quantitative estimate of drug-likeness (QED) is 0.475. The number of hydrogen-bond acceptors (Lipinski definition) is 5. The Morgan fingerprint density at radius 3 is 2.51 bits per heavy atom. The van der Waals surface area contributed by atoms with Gasteiger partial charge in [0.05, 0.1) is 28.5 Å². The highest BCUT2D eigenvalue weighted by atomic mass is 19.4. The molecule has 2 aliphatic heterocycles. The summed E-state index contributed by atoms with van der Waals surface area (Å²) < 4.78 is 69.7. The predicted octanol–water partition coefficient (Wildman–Crippen LogP) is 5.69. The lowest BCUT2D eigenvalue weighted by molar-refractivity contribution is -0.140. The maximum absolute atomic E-state index is 15.3. The van der Waals surface area contributed by atoms with E-state index >= 15 is 4.39 Å². The molecule has 2 saturated heterocycles. The van der Waals surface area contributed by atoms with Crippen LogP contribution in [-0.4, -0.2) is 47.3 Å². The van der Waals surface area contributed by atoms with Crippen molar-refractivity contribution in [3.63, 3.8) is 0 Å². The van der Waals surface area contributed by atoms with E-state index in [1.165, 1.54) is 18.2 Å². The van der Waals surface area contributed by atoms with Gasteiger partial charge in [0.2, 0.25) is 0 Å². The van der Waals surface area contributed by atoms with Crippen LogP contribution >= 0.6 is 0 Å². The molecule has 0 saturated carbocycles. The van der Waals surface area contributed by atoms with Crippen LogP contribution in [-0.2, 0) is 6.18 Å². The first-order chi connectivity index (χ1) is 16.5. The molecule has 0 bridgehead atoms. The Kier molecular flexibility index (Phi) is 5.62. The van der Waals surface area contributed by atoms with Crippen molar-refractivity contribution in [2.24, 2.45) is 0 Å². The number of nitrogens with zero attached hydrogens (tertiary/aromatic N) is 4. The second-order valence-corrected chi connectivity index (χ2v) is 9.71. The molecule has 3 aromatic rings. The van der Waals surface area contributed by atoms with E-state index in [0.29, 0.717) is 28.2 Å². The fraction of sp³-hybridized carbons (Fsp3) is 0.440. The third-order valence-electron chi connectivity index (χ3n) is 7.20. The van der Waals surface area contributed by atoms with Gasteiger partial charge in [0.25, 0.3) is 0 Å². The third-order valence-corrected chi connectivity index (χ3v) is 7.20. The second kappa shape index (κ2) is 8.29. The monoisotopic (exact) mass is 491 g/mol. The Labute approximate surface area is 199 Å². The lowest BCUT2D eigenvalue weighted by atomic mass is 9.87. The van der Waals surface area contributed by atoms with Gasteiger partial charge in [-0.15, -0.1) is 5.10 Å². The number of anilines is 2. The van der Waals surface area contributed by atoms with Gasteiger partial charge in [-0.2, -0.15) is 18.3 Å². The summed E-state index contributed by atoms with van der Waals surface area (Å²) in [5.74, 6) is -1.42. The molecule has 0 unspecified atom stereocenters. The normalized spacial score (nSPS) is 18.8. The van der Waals surface area contributed by atoms with Gasteiger partial charge in [0, 0.05) is 36.0 Å². The van der Waals surface area contributed by atoms with Crippen molar-refractivity contribution in [2.75, 3.05) is 36.9 Å². The molecule has 1 N–H and O–H groups in total. The van der Waals surface area contributed by atoms with Crippen molar-refractivity contribution >= 4 is 22.3 Å². The summed E-state index contributed by atoms with van der Waals surface area (Å²) in [4.78, 5) is 4.32. The first-order valence-corrected chi connectivity index (χ1v) is 11.5. The van der Waals surface area contributed by atoms with E-state index in [1.807, 2.05) is 7.05 Å². The summed E-state index contributed by atoms with van der Waals surface area (Å²) in [6.07, 6.45) is -2.85. The van der Waals surface area contributed by atoms with Crippen LogP contribution in [0.25, 0.3) is 10.8 Å². The number of halogens is 5. The lowest BCUT2D eigenvalue weighted by Gasteiger charge is -2.52. The van der Waals surface area contributed by atoms with Gasteiger partial charge < -0.3 is 15.1 Å². The lowest BCUT2D eigenvalue weighted by Crippen LogP contribution is -2.66. The van der Waals surface area contributed by atoms with Crippen molar-refractivity contribution in [3.05, 3.63) is 58.8 Å². The minimum absolute atomic E-state index is 0.0964. The molecule has 0 amide bonds. The molecule has 1 aromatic heterocycles. The fourth-order valence-corrected chi connectivity index (χ4v) is 5.59. The molecule has 2 fully saturated rings. The van der Waals surface area contributed by atoms with E-state index < -0.39 is 23.6 Å². The fourth-order valence-electron chi connectivity index (χ4n) is 5.59. The number of benzene rings is 2. The topological polar surface area (TPSA) is 44.3 Å². The summed E-state index contributed by atoms with van der Waals surface area (Å²) in [6, 6.07) is 5.52. The Morgan fingerprint density at radius 2 is 1.83 bits per heavy atom. The van der Waals surface area contributed by atoms with E-state index in [2.05, 4.69) is 25.3 Å². The molecule has 1 atom stereocenters. The van der Waals surface area contributed by atoms with Crippen LogP contribution in [0.5, 0.6) is 0 Å². The van der Waals surface area contributed by atoms with Crippen molar-refractivity contribution < 1.29 is 22.0 Å².